The molecule has 0 aliphatic carbocycles. The molecule has 0 bridgehead atoms. The van der Waals surface area contributed by atoms with E-state index in [2.05, 4.69) is 14.5 Å². The van der Waals surface area contributed by atoms with E-state index in [4.69, 9.17) is 10.2 Å². The molecule has 1 aliphatic rings. The molecule has 1 rings (SSSR count). The van der Waals surface area contributed by atoms with Crippen LogP contribution in [0.25, 0.3) is 0 Å². The number of hydrogen-bond donors (Lipinski definition) is 2. The Labute approximate surface area is 60.1 Å². The van der Waals surface area contributed by atoms with Gasteiger partial charge >= 0.3 is 0 Å². The molecular weight excluding hydrogens is 140 g/mol. The molecule has 1 saturated heterocycles. The fourth-order valence-corrected chi connectivity index (χ4v) is 0. The van der Waals surface area contributed by atoms with E-state index < -0.39 is 0 Å². The second kappa shape index (κ2) is 15.9. The first kappa shape index (κ1) is 12.5. The molecule has 5 heteroatoms. The molecule has 0 saturated carbocycles. The van der Waals surface area contributed by atoms with E-state index in [1.165, 1.54) is 0 Å². The van der Waals surface area contributed by atoms with Crippen molar-refractivity contribution < 1.29 is 24.7 Å². The van der Waals surface area contributed by atoms with Crippen molar-refractivity contribution in [1.82, 2.24) is 0 Å². The minimum absolute atomic E-state index is 0.125. The molecule has 0 aromatic heterocycles. The highest BCUT2D eigenvalue weighted by atomic mass is 17.4. The first-order valence-electron chi connectivity index (χ1n) is 2.69. The molecule has 10 heavy (non-hydrogen) atoms. The third kappa shape index (κ3) is 111. The van der Waals surface area contributed by atoms with E-state index in [1.807, 2.05) is 0 Å². The van der Waals surface area contributed by atoms with Crippen molar-refractivity contribution in [2.45, 2.75) is 0 Å². The van der Waals surface area contributed by atoms with Crippen LogP contribution in [-0.4, -0.2) is 44.4 Å². The van der Waals surface area contributed by atoms with Crippen LogP contribution in [0.15, 0.2) is 0 Å². The summed E-state index contributed by atoms with van der Waals surface area (Å²) in [5, 5.41) is 15.2. The summed E-state index contributed by atoms with van der Waals surface area (Å²) in [6, 6.07) is 0. The van der Waals surface area contributed by atoms with E-state index in [0.717, 1.165) is 0 Å². The molecule has 0 atom stereocenters. The summed E-state index contributed by atoms with van der Waals surface area (Å²) >= 11 is 0. The Morgan fingerprint density at radius 3 is 1.40 bits per heavy atom. The molecule has 0 unspecified atom stereocenters. The second-order valence-electron chi connectivity index (χ2n) is 1.21. The first-order chi connectivity index (χ1) is 4.83. The SMILES string of the molecule is C1OO1.COC.OCCO. The normalized spacial score (nSPS) is 12.0. The number of rotatable bonds is 1. The molecule has 0 spiro atoms. The quantitative estimate of drug-likeness (QED) is 0.379. The largest absolute Gasteiger partial charge is 0.394 e. The van der Waals surface area contributed by atoms with Crippen LogP contribution in [-0.2, 0) is 14.5 Å². The average molecular weight is 154 g/mol. The summed E-state index contributed by atoms with van der Waals surface area (Å²) in [5.74, 6) is 0. The molecule has 0 aromatic rings. The van der Waals surface area contributed by atoms with Crippen LogP contribution >= 0.6 is 0 Å². The fraction of sp³-hybridized carbons (Fsp3) is 1.00. The maximum absolute atomic E-state index is 7.62. The van der Waals surface area contributed by atoms with Gasteiger partial charge in [0.2, 0.25) is 6.79 Å². The van der Waals surface area contributed by atoms with Crippen molar-refractivity contribution in [1.29, 1.82) is 0 Å². The Kier molecular flexibility index (Phi) is 19.9. The van der Waals surface area contributed by atoms with Gasteiger partial charge in [0.05, 0.1) is 13.2 Å². The lowest BCUT2D eigenvalue weighted by Crippen LogP contribution is -1.85. The van der Waals surface area contributed by atoms with Gasteiger partial charge in [0, 0.05) is 14.2 Å². The second-order valence-corrected chi connectivity index (χ2v) is 1.21. The topological polar surface area (TPSA) is 74.8 Å². The molecule has 64 valence electrons. The molecule has 1 heterocycles. The minimum Gasteiger partial charge on any atom is -0.394 e. The van der Waals surface area contributed by atoms with Gasteiger partial charge in [-0.15, -0.1) is 0 Å². The zero-order chi connectivity index (χ0) is 8.24. The van der Waals surface area contributed by atoms with E-state index in [0.29, 0.717) is 6.79 Å². The van der Waals surface area contributed by atoms with Crippen LogP contribution < -0.4 is 0 Å². The van der Waals surface area contributed by atoms with Crippen molar-refractivity contribution in [2.24, 2.45) is 0 Å². The van der Waals surface area contributed by atoms with Crippen molar-refractivity contribution in [3.05, 3.63) is 0 Å². The Morgan fingerprint density at radius 1 is 1.20 bits per heavy atom. The van der Waals surface area contributed by atoms with Gasteiger partial charge in [0.25, 0.3) is 0 Å². The highest BCUT2D eigenvalue weighted by molar-refractivity contribution is 4.06. The number of ether oxygens (including phenoxy) is 1. The molecule has 1 aliphatic heterocycles. The standard InChI is InChI=1S/C2H6O2.C2H6O.CH2O2/c3-1-2-4;1-3-2;1-2-3-1/h3-4H,1-2H2;1-2H3;1H2. The van der Waals surface area contributed by atoms with Gasteiger partial charge in [-0.3, -0.25) is 0 Å². The molecule has 0 aromatic carbocycles. The van der Waals surface area contributed by atoms with Crippen LogP contribution in [0.2, 0.25) is 0 Å². The number of methoxy groups -OCH3 is 1. The smallest absolute Gasteiger partial charge is 0.214 e. The minimum atomic E-state index is -0.125. The van der Waals surface area contributed by atoms with Crippen molar-refractivity contribution >= 4 is 0 Å². The van der Waals surface area contributed by atoms with Crippen LogP contribution in [0.1, 0.15) is 0 Å². The molecular formula is C5H14O5. The maximum atomic E-state index is 7.62. The van der Waals surface area contributed by atoms with Gasteiger partial charge in [0.1, 0.15) is 0 Å². The van der Waals surface area contributed by atoms with E-state index in [1.54, 1.807) is 14.2 Å². The molecule has 0 radical (unpaired) electrons. The highest BCUT2D eigenvalue weighted by Gasteiger charge is 1.95. The van der Waals surface area contributed by atoms with E-state index >= 15 is 0 Å². The number of aliphatic hydroxyl groups excluding tert-OH is 2. The highest BCUT2D eigenvalue weighted by Crippen LogP contribution is 1.89. The van der Waals surface area contributed by atoms with Crippen LogP contribution in [0.5, 0.6) is 0 Å². The van der Waals surface area contributed by atoms with Gasteiger partial charge in [-0.25, -0.2) is 9.78 Å². The third-order valence-corrected chi connectivity index (χ3v) is 0.218. The number of hydrogen-bond acceptors (Lipinski definition) is 5. The van der Waals surface area contributed by atoms with Gasteiger partial charge in [-0.05, 0) is 0 Å². The summed E-state index contributed by atoms with van der Waals surface area (Å²) in [6.07, 6.45) is 0. The van der Waals surface area contributed by atoms with Crippen molar-refractivity contribution in [3.63, 3.8) is 0 Å². The summed E-state index contributed by atoms with van der Waals surface area (Å²) in [7, 11) is 3.25. The summed E-state index contributed by atoms with van der Waals surface area (Å²) in [5.41, 5.74) is 0. The van der Waals surface area contributed by atoms with Crippen LogP contribution in [0.3, 0.4) is 0 Å². The van der Waals surface area contributed by atoms with Crippen LogP contribution in [0.4, 0.5) is 0 Å². The van der Waals surface area contributed by atoms with E-state index in [9.17, 15) is 0 Å². The average Bonchev–Trinajstić information content (AvgIpc) is 2.73. The Balaban J connectivity index is 0. The molecule has 1 fully saturated rings. The lowest BCUT2D eigenvalue weighted by molar-refractivity contribution is 0.0850. The summed E-state index contributed by atoms with van der Waals surface area (Å²) in [6.45, 7) is 0.250. The molecule has 0 amide bonds. The Morgan fingerprint density at radius 2 is 1.40 bits per heavy atom. The van der Waals surface area contributed by atoms with Gasteiger partial charge in [0.15, 0.2) is 0 Å². The maximum Gasteiger partial charge on any atom is 0.214 e. The first-order valence-corrected chi connectivity index (χ1v) is 2.69. The Bertz CT molecular complexity index is 34.3. The Hall–Kier alpha value is -0.200. The van der Waals surface area contributed by atoms with Gasteiger partial charge in [-0.1, -0.05) is 0 Å². The lowest BCUT2D eigenvalue weighted by Gasteiger charge is -1.70. The third-order valence-electron chi connectivity index (χ3n) is 0.218. The zero-order valence-electron chi connectivity index (χ0n) is 6.24. The molecule has 5 nitrogen and oxygen atoms in total. The predicted octanol–water partition coefficient (Wildman–Crippen LogP) is -0.861. The fourth-order valence-electron chi connectivity index (χ4n) is 0. The van der Waals surface area contributed by atoms with Gasteiger partial charge in [-0.2, -0.15) is 0 Å². The van der Waals surface area contributed by atoms with E-state index in [-0.39, 0.29) is 13.2 Å². The lowest BCUT2D eigenvalue weighted by atomic mass is 10.8. The summed E-state index contributed by atoms with van der Waals surface area (Å²) in [4.78, 5) is 8.00. The summed E-state index contributed by atoms with van der Waals surface area (Å²) < 4.78 is 4.25. The van der Waals surface area contributed by atoms with Gasteiger partial charge < -0.3 is 14.9 Å². The molecule has 2 N–H and O–H groups in total. The zero-order valence-corrected chi connectivity index (χ0v) is 6.24. The van der Waals surface area contributed by atoms with Crippen molar-refractivity contribution in [3.8, 4) is 0 Å². The van der Waals surface area contributed by atoms with Crippen LogP contribution in [0, 0.1) is 0 Å². The predicted molar refractivity (Wildman–Crippen MR) is 34.1 cm³/mol. The number of aliphatic hydroxyl groups is 2. The monoisotopic (exact) mass is 154 g/mol. The van der Waals surface area contributed by atoms with Crippen molar-refractivity contribution in [2.75, 3.05) is 34.2 Å².